The number of fused-ring (bicyclic) bond motifs is 1. The Bertz CT molecular complexity index is 1640. The molecule has 196 valence electrons. The number of nitrogens with one attached hydrogen (secondary N) is 1. The summed E-state index contributed by atoms with van der Waals surface area (Å²) in [6.45, 7) is -0.0361. The van der Waals surface area contributed by atoms with Crippen LogP contribution in [0.25, 0.3) is 17.0 Å². The molecular formula is C28H22N4O6S. The fourth-order valence-corrected chi connectivity index (χ4v) is 5.11. The Morgan fingerprint density at radius 2 is 1.85 bits per heavy atom. The minimum atomic E-state index is -0.551. The number of para-hydroxylation sites is 1. The maximum absolute atomic E-state index is 13.1. The Labute approximate surface area is 227 Å². The maximum Gasteiger partial charge on any atom is 0.294 e. The zero-order valence-corrected chi connectivity index (χ0v) is 21.5. The van der Waals surface area contributed by atoms with Crippen molar-refractivity contribution >= 4 is 57.2 Å². The lowest BCUT2D eigenvalue weighted by atomic mass is 10.1. The first kappa shape index (κ1) is 25.7. The van der Waals surface area contributed by atoms with Crippen molar-refractivity contribution in [2.45, 2.75) is 6.54 Å². The van der Waals surface area contributed by atoms with Gasteiger partial charge < -0.3 is 14.6 Å². The number of methoxy groups -OCH3 is 1. The number of ether oxygens (including phenoxy) is 1. The van der Waals surface area contributed by atoms with E-state index in [1.165, 1.54) is 19.2 Å². The zero-order chi connectivity index (χ0) is 27.5. The van der Waals surface area contributed by atoms with E-state index in [2.05, 4.69) is 5.32 Å². The molecule has 1 fully saturated rings. The Morgan fingerprint density at radius 3 is 2.59 bits per heavy atom. The van der Waals surface area contributed by atoms with Gasteiger partial charge in [0.25, 0.3) is 16.8 Å². The van der Waals surface area contributed by atoms with Gasteiger partial charge in [-0.05, 0) is 53.7 Å². The number of non-ortho nitro benzene ring substituents is 1. The number of nitro groups is 1. The van der Waals surface area contributed by atoms with Crippen molar-refractivity contribution in [1.29, 1.82) is 0 Å². The van der Waals surface area contributed by atoms with E-state index in [1.54, 1.807) is 36.4 Å². The lowest BCUT2D eigenvalue weighted by Crippen LogP contribution is -2.36. The van der Waals surface area contributed by atoms with Crippen molar-refractivity contribution in [3.05, 3.63) is 105 Å². The fraction of sp³-hybridized carbons (Fsp3) is 0.107. The second-order valence-electron chi connectivity index (χ2n) is 8.70. The fourth-order valence-electron chi connectivity index (χ4n) is 4.28. The molecule has 1 N–H and O–H groups in total. The van der Waals surface area contributed by atoms with Crippen LogP contribution in [0.4, 0.5) is 16.2 Å². The molecule has 11 heteroatoms. The summed E-state index contributed by atoms with van der Waals surface area (Å²) in [5.41, 5.74) is 2.85. The number of carbonyl (C=O) groups is 3. The summed E-state index contributed by atoms with van der Waals surface area (Å²) in [7, 11) is 1.54. The molecule has 3 aromatic carbocycles. The van der Waals surface area contributed by atoms with E-state index in [0.717, 1.165) is 33.1 Å². The molecule has 0 bridgehead atoms. The number of imide groups is 1. The van der Waals surface area contributed by atoms with Gasteiger partial charge in [0.1, 0.15) is 12.3 Å². The van der Waals surface area contributed by atoms with Crippen LogP contribution in [0.15, 0.2) is 83.9 Å². The molecule has 1 aliphatic heterocycles. The van der Waals surface area contributed by atoms with Crippen molar-refractivity contribution < 1.29 is 24.0 Å². The number of hydrogen-bond acceptors (Lipinski definition) is 7. The Morgan fingerprint density at radius 1 is 1.08 bits per heavy atom. The molecule has 0 atom stereocenters. The normalized spacial score (nSPS) is 14.3. The summed E-state index contributed by atoms with van der Waals surface area (Å²) in [6.07, 6.45) is 3.48. The first-order chi connectivity index (χ1) is 18.8. The summed E-state index contributed by atoms with van der Waals surface area (Å²) in [6, 6.07) is 20.7. The third-order valence-corrected chi connectivity index (χ3v) is 7.04. The SMILES string of the molecule is COc1ccc(NC(=O)CN2C(=O)S/C(=C/c3cn(Cc4cccc([N+](=O)[O-])c4)c4ccccc34)C2=O)cc1. The van der Waals surface area contributed by atoms with E-state index in [9.17, 15) is 24.5 Å². The number of carbonyl (C=O) groups excluding carboxylic acids is 3. The summed E-state index contributed by atoms with van der Waals surface area (Å²) in [4.78, 5) is 50.1. The van der Waals surface area contributed by atoms with Crippen molar-refractivity contribution in [2.75, 3.05) is 19.0 Å². The van der Waals surface area contributed by atoms with E-state index in [4.69, 9.17) is 4.74 Å². The molecule has 0 saturated carbocycles. The Kier molecular flexibility index (Phi) is 7.15. The van der Waals surface area contributed by atoms with E-state index in [1.807, 2.05) is 41.1 Å². The monoisotopic (exact) mass is 542 g/mol. The number of amides is 3. The number of hydrogen-bond donors (Lipinski definition) is 1. The van der Waals surface area contributed by atoms with Gasteiger partial charge in [-0.3, -0.25) is 29.4 Å². The molecule has 3 amide bonds. The number of benzene rings is 3. The van der Waals surface area contributed by atoms with Crippen LogP contribution < -0.4 is 10.1 Å². The van der Waals surface area contributed by atoms with E-state index >= 15 is 0 Å². The van der Waals surface area contributed by atoms with Gasteiger partial charge in [0.05, 0.1) is 16.9 Å². The van der Waals surface area contributed by atoms with Crippen molar-refractivity contribution in [3.8, 4) is 5.75 Å². The van der Waals surface area contributed by atoms with Gasteiger partial charge in [0.15, 0.2) is 0 Å². The standard InChI is InChI=1S/C28H22N4O6S/c1-38-22-11-9-20(10-12-22)29-26(33)17-31-27(34)25(39-28(31)35)14-19-16-30(24-8-3-2-7-23(19)24)15-18-5-4-6-21(13-18)32(36)37/h2-14,16H,15,17H2,1H3,(H,29,33)/b25-14+. The van der Waals surface area contributed by atoms with Gasteiger partial charge in [-0.15, -0.1) is 0 Å². The van der Waals surface area contributed by atoms with Crippen molar-refractivity contribution in [2.24, 2.45) is 0 Å². The molecular weight excluding hydrogens is 520 g/mol. The third-order valence-electron chi connectivity index (χ3n) is 6.13. The molecule has 1 aromatic heterocycles. The third kappa shape index (κ3) is 5.53. The smallest absolute Gasteiger partial charge is 0.294 e. The largest absolute Gasteiger partial charge is 0.497 e. The first-order valence-corrected chi connectivity index (χ1v) is 12.6. The van der Waals surface area contributed by atoms with Crippen LogP contribution in [0.5, 0.6) is 5.75 Å². The first-order valence-electron chi connectivity index (χ1n) is 11.8. The molecule has 0 radical (unpaired) electrons. The molecule has 1 saturated heterocycles. The number of nitro benzene ring substituents is 1. The molecule has 0 aliphatic carbocycles. The van der Waals surface area contributed by atoms with E-state index in [-0.39, 0.29) is 10.6 Å². The Hall–Kier alpha value is -4.90. The number of anilines is 1. The predicted octanol–water partition coefficient (Wildman–Crippen LogP) is 5.28. The highest BCUT2D eigenvalue weighted by atomic mass is 32.2. The minimum absolute atomic E-state index is 0.00823. The van der Waals surface area contributed by atoms with Crippen LogP contribution in [-0.2, 0) is 16.1 Å². The van der Waals surface area contributed by atoms with E-state index < -0.39 is 28.5 Å². The molecule has 2 heterocycles. The highest BCUT2D eigenvalue weighted by Gasteiger charge is 2.36. The van der Waals surface area contributed by atoms with Crippen LogP contribution in [0.3, 0.4) is 0 Å². The minimum Gasteiger partial charge on any atom is -0.497 e. The highest BCUT2D eigenvalue weighted by Crippen LogP contribution is 2.34. The quantitative estimate of drug-likeness (QED) is 0.182. The van der Waals surface area contributed by atoms with Crippen LogP contribution in [0, 0.1) is 10.1 Å². The average molecular weight is 543 g/mol. The molecule has 0 unspecified atom stereocenters. The van der Waals surface area contributed by atoms with Crippen LogP contribution in [0.1, 0.15) is 11.1 Å². The topological polar surface area (TPSA) is 124 Å². The van der Waals surface area contributed by atoms with Crippen LogP contribution in [-0.4, -0.2) is 45.1 Å². The number of thioether (sulfide) groups is 1. The second kappa shape index (κ2) is 10.8. The van der Waals surface area contributed by atoms with Gasteiger partial charge in [-0.2, -0.15) is 0 Å². The molecule has 10 nitrogen and oxygen atoms in total. The molecule has 5 rings (SSSR count). The Balaban J connectivity index is 1.36. The van der Waals surface area contributed by atoms with Crippen molar-refractivity contribution in [3.63, 3.8) is 0 Å². The predicted molar refractivity (Wildman–Crippen MR) is 148 cm³/mol. The van der Waals surface area contributed by atoms with Gasteiger partial charge in [-0.25, -0.2) is 0 Å². The number of rotatable bonds is 8. The maximum atomic E-state index is 13.1. The molecule has 0 spiro atoms. The van der Waals surface area contributed by atoms with Crippen LogP contribution >= 0.6 is 11.8 Å². The zero-order valence-electron chi connectivity index (χ0n) is 20.7. The number of nitrogens with zero attached hydrogens (tertiary/aromatic N) is 3. The lowest BCUT2D eigenvalue weighted by Gasteiger charge is -2.12. The summed E-state index contributed by atoms with van der Waals surface area (Å²) < 4.78 is 7.03. The highest BCUT2D eigenvalue weighted by molar-refractivity contribution is 8.18. The van der Waals surface area contributed by atoms with Gasteiger partial charge in [-0.1, -0.05) is 30.3 Å². The molecule has 1 aliphatic rings. The van der Waals surface area contributed by atoms with Crippen molar-refractivity contribution in [1.82, 2.24) is 9.47 Å². The van der Waals surface area contributed by atoms with Gasteiger partial charge in [0, 0.05) is 47.0 Å². The molecule has 39 heavy (non-hydrogen) atoms. The number of aromatic nitrogens is 1. The summed E-state index contributed by atoms with van der Waals surface area (Å²) in [5.74, 6) is -0.418. The van der Waals surface area contributed by atoms with E-state index in [0.29, 0.717) is 23.5 Å². The van der Waals surface area contributed by atoms with Crippen LogP contribution in [0.2, 0.25) is 0 Å². The lowest BCUT2D eigenvalue weighted by molar-refractivity contribution is -0.384. The second-order valence-corrected chi connectivity index (χ2v) is 9.69. The summed E-state index contributed by atoms with van der Waals surface area (Å²) in [5, 5.41) is 14.2. The summed E-state index contributed by atoms with van der Waals surface area (Å²) >= 11 is 0.775. The molecule has 4 aromatic rings. The van der Waals surface area contributed by atoms with Gasteiger partial charge in [0.2, 0.25) is 5.91 Å². The van der Waals surface area contributed by atoms with Gasteiger partial charge >= 0.3 is 0 Å². The average Bonchev–Trinajstić information content (AvgIpc) is 3.40.